The van der Waals surface area contributed by atoms with E-state index in [1.807, 2.05) is 0 Å². The normalized spacial score (nSPS) is 8.20. The molecule has 3 nitrogen and oxygen atoms in total. The van der Waals surface area contributed by atoms with Gasteiger partial charge >= 0.3 is 29.0 Å². The Morgan fingerprint density at radius 1 is 1.80 bits per heavy atom. The molecular formula is CH4BNO2. The zero-order valence-electron chi connectivity index (χ0n) is 2.63. The fourth-order valence-electron chi connectivity index (χ4n) is 0.0365. The average Bonchev–Trinajstić information content (AvgIpc) is 1.41. The van der Waals surface area contributed by atoms with Gasteiger partial charge in [-0.05, 0) is 0 Å². The van der Waals surface area contributed by atoms with Crippen LogP contribution in [-0.4, -0.2) is 23.9 Å². The summed E-state index contributed by atoms with van der Waals surface area (Å²) in [6.07, 6.45) is 0. The summed E-state index contributed by atoms with van der Waals surface area (Å²) < 4.78 is 0. The van der Waals surface area contributed by atoms with Crippen molar-refractivity contribution >= 4 is 7.07 Å². The Bertz CT molecular complexity index is 36.6. The van der Waals surface area contributed by atoms with Crippen LogP contribution in [0.2, 0.25) is 0 Å². The summed E-state index contributed by atoms with van der Waals surface area (Å²) in [7, 11) is 0.986. The minimum absolute atomic E-state index is 0.198. The van der Waals surface area contributed by atoms with Gasteiger partial charge in [0.15, 0.2) is 0 Å². The quantitative estimate of drug-likeness (QED) is 0.315. The van der Waals surface area contributed by atoms with E-state index in [1.54, 1.807) is 0 Å². The van der Waals surface area contributed by atoms with E-state index in [1.165, 1.54) is 0 Å². The molecule has 0 aliphatic heterocycles. The Morgan fingerprint density at radius 2 is 2.40 bits per heavy atom. The Balaban J connectivity index is 2.62. The number of hydrogen-bond acceptors (Lipinski definition) is 3. The summed E-state index contributed by atoms with van der Waals surface area (Å²) in [6.45, 7) is -0.198. The van der Waals surface area contributed by atoms with Crippen molar-refractivity contribution in [3.63, 3.8) is 0 Å². The van der Waals surface area contributed by atoms with Crippen molar-refractivity contribution in [3.05, 3.63) is 0 Å². The predicted molar refractivity (Wildman–Crippen MR) is 17.1 cm³/mol. The molecule has 0 amide bonds. The zero-order chi connectivity index (χ0) is 4.12. The van der Waals surface area contributed by atoms with Gasteiger partial charge in [0.2, 0.25) is 0 Å². The van der Waals surface area contributed by atoms with Gasteiger partial charge in [-0.2, -0.15) is 0 Å². The van der Waals surface area contributed by atoms with E-state index in [0.29, 0.717) is 0 Å². The molecule has 2 N–H and O–H groups in total. The number of hydrogen-bond donors (Lipinski definition) is 2. The van der Waals surface area contributed by atoms with Gasteiger partial charge in [-0.15, -0.1) is 0 Å². The second-order valence-corrected chi connectivity index (χ2v) is 0.481. The first-order valence-electron chi connectivity index (χ1n) is 1.18. The molecule has 5 heavy (non-hydrogen) atoms. The Labute approximate surface area is 30.2 Å². The van der Waals surface area contributed by atoms with Crippen molar-refractivity contribution in [1.82, 2.24) is 0 Å². The number of aliphatic hydroxyl groups excluding tert-OH is 1. The fraction of sp³-hybridized carbons (Fsp3) is 1.00. The second kappa shape index (κ2) is 3.62. The molecule has 0 aromatic rings. The Hall–Kier alpha value is -0.375. The molecule has 0 bridgehead atoms. The second-order valence-electron chi connectivity index (χ2n) is 0.481. The molecule has 0 aliphatic rings. The first-order valence-corrected chi connectivity index (χ1v) is 1.18. The predicted octanol–water partition coefficient (Wildman–Crippen LogP) is -0.787. The van der Waals surface area contributed by atoms with Gasteiger partial charge in [0, 0.05) is 0 Å². The zero-order valence-corrected chi connectivity index (χ0v) is 2.63. The third-order valence-electron chi connectivity index (χ3n) is 0.163. The van der Waals surface area contributed by atoms with Gasteiger partial charge in [-0.3, -0.25) is 0 Å². The molecule has 0 atom stereocenters. The minimum atomic E-state index is -0.198. The molecule has 0 unspecified atom stereocenters. The molecule has 28 valence electrons. The van der Waals surface area contributed by atoms with E-state index in [9.17, 15) is 0 Å². The van der Waals surface area contributed by atoms with Crippen molar-refractivity contribution in [2.75, 3.05) is 6.51 Å². The van der Waals surface area contributed by atoms with Gasteiger partial charge in [-0.1, -0.05) is 0 Å². The van der Waals surface area contributed by atoms with Crippen LogP contribution in [-0.2, 0) is 0 Å². The van der Waals surface area contributed by atoms with E-state index in [-0.39, 0.29) is 6.51 Å². The van der Waals surface area contributed by atoms with E-state index >= 15 is 0 Å². The molecule has 4 heteroatoms. The monoisotopic (exact) mass is 73.0 g/mol. The van der Waals surface area contributed by atoms with Crippen molar-refractivity contribution in [2.45, 2.75) is 0 Å². The Morgan fingerprint density at radius 3 is 2.40 bits per heavy atom. The number of aliphatic hydroxyl groups is 1. The molecule has 0 aromatic heterocycles. The number of rotatable bonds is 1. The van der Waals surface area contributed by atoms with Crippen LogP contribution in [0.4, 0.5) is 0 Å². The molecule has 0 saturated heterocycles. The number of nitrogens with zero attached hydrogens (tertiary/aromatic N) is 1. The first-order chi connectivity index (χ1) is 2.41. The summed E-state index contributed by atoms with van der Waals surface area (Å²) in [4.78, 5) is 0. The van der Waals surface area contributed by atoms with E-state index < -0.39 is 0 Å². The maximum absolute atomic E-state index is 7.76. The van der Waals surface area contributed by atoms with Crippen LogP contribution < -0.4 is 0 Å². The molecule has 0 aliphatic carbocycles. The van der Waals surface area contributed by atoms with Gasteiger partial charge in [0.25, 0.3) is 0 Å². The molecule has 0 spiro atoms. The maximum atomic E-state index is 7.76. The van der Waals surface area contributed by atoms with Gasteiger partial charge in [0.05, 0.1) is 0 Å². The van der Waals surface area contributed by atoms with Crippen LogP contribution in [0.3, 0.4) is 0 Å². The van der Waals surface area contributed by atoms with Crippen LogP contribution in [0, 0.1) is 0 Å². The van der Waals surface area contributed by atoms with Crippen molar-refractivity contribution in [2.24, 2.45) is 5.06 Å². The van der Waals surface area contributed by atoms with Gasteiger partial charge in [0.1, 0.15) is 0 Å². The van der Waals surface area contributed by atoms with Crippen molar-refractivity contribution in [3.8, 4) is 0 Å². The fourth-order valence-corrected chi connectivity index (χ4v) is 0.0365. The molecule has 0 fully saturated rings. The Kier molecular flexibility index (Phi) is 3.35. The molecule has 0 saturated carbocycles. The summed E-state index contributed by atoms with van der Waals surface area (Å²) in [5.74, 6) is 0. The summed E-state index contributed by atoms with van der Waals surface area (Å²) in [5, 5.41) is 17.7. The van der Waals surface area contributed by atoms with Crippen LogP contribution in [0.5, 0.6) is 0 Å². The average molecular weight is 72.9 g/mol. The van der Waals surface area contributed by atoms with Crippen LogP contribution in [0.15, 0.2) is 5.06 Å². The molecule has 0 aromatic carbocycles. The summed E-state index contributed by atoms with van der Waals surface area (Å²) in [6, 6.07) is 0. The molecular weight excluding hydrogens is 68.8 g/mol. The molecule has 0 radical (unpaired) electrons. The van der Waals surface area contributed by atoms with E-state index in [2.05, 4.69) is 5.06 Å². The van der Waals surface area contributed by atoms with E-state index in [4.69, 9.17) is 10.3 Å². The summed E-state index contributed by atoms with van der Waals surface area (Å²) >= 11 is 0. The van der Waals surface area contributed by atoms with Crippen LogP contribution in [0.25, 0.3) is 0 Å². The molecule has 0 rings (SSSR count). The van der Waals surface area contributed by atoms with Crippen molar-refractivity contribution in [1.29, 1.82) is 0 Å². The molecule has 0 heterocycles. The van der Waals surface area contributed by atoms with Gasteiger partial charge < -0.3 is 0 Å². The first kappa shape index (κ1) is 4.62. The van der Waals surface area contributed by atoms with Gasteiger partial charge in [-0.25, -0.2) is 0 Å². The van der Waals surface area contributed by atoms with Crippen molar-refractivity contribution < 1.29 is 10.3 Å². The SMILES string of the molecule is OCB=NO. The third-order valence-corrected chi connectivity index (χ3v) is 0.163. The third kappa shape index (κ3) is 3.62. The standard InChI is InChI=1S/CH4BNO2/c4-1-2-3-5/h4-5H,1H2. The topological polar surface area (TPSA) is 52.8 Å². The summed E-state index contributed by atoms with van der Waals surface area (Å²) in [5.41, 5.74) is 0. The van der Waals surface area contributed by atoms with Crippen LogP contribution in [0.1, 0.15) is 0 Å². The van der Waals surface area contributed by atoms with E-state index in [0.717, 1.165) is 7.07 Å². The van der Waals surface area contributed by atoms with Crippen LogP contribution >= 0.6 is 0 Å².